The van der Waals surface area contributed by atoms with Crippen LogP contribution in [0.1, 0.15) is 69.3 Å². The molecular weight excluding hydrogens is 730 g/mol. The van der Waals surface area contributed by atoms with E-state index in [1.807, 2.05) is 68.9 Å². The van der Waals surface area contributed by atoms with Crippen molar-refractivity contribution in [3.05, 3.63) is 104 Å². The Morgan fingerprint density at radius 1 is 0.582 bits per heavy atom. The molecule has 306 valence electrons. The predicted octanol–water partition coefficient (Wildman–Crippen LogP) is 6.38. The first kappa shape index (κ1) is 44.9. The van der Waals surface area contributed by atoms with Gasteiger partial charge in [0.15, 0.2) is 0 Å². The number of hydrogen-bond acceptors (Lipinski definition) is 9. The zero-order valence-corrected chi connectivity index (χ0v) is 36.1. The van der Waals surface area contributed by atoms with E-state index >= 15 is 0 Å². The van der Waals surface area contributed by atoms with Gasteiger partial charge < -0.3 is 18.5 Å². The Balaban J connectivity index is 1.64. The maximum Gasteiger partial charge on any atom is 0.283 e. The van der Waals surface area contributed by atoms with Crippen LogP contribution >= 0.6 is 14.3 Å². The van der Waals surface area contributed by atoms with Crippen LogP contribution in [0.25, 0.3) is 0 Å². The Morgan fingerprint density at radius 3 is 1.62 bits per heavy atom. The number of nitrogens with zero attached hydrogens (tertiary/aromatic N) is 6. The summed E-state index contributed by atoms with van der Waals surface area (Å²) in [7, 11) is -3.00. The zero-order valence-electron chi connectivity index (χ0n) is 34.3. The lowest BCUT2D eigenvalue weighted by Gasteiger charge is -2.36. The molecule has 1 fully saturated rings. The van der Waals surface area contributed by atoms with Crippen LogP contribution in [0.5, 0.6) is 0 Å². The lowest BCUT2D eigenvalue weighted by Crippen LogP contribution is -2.46. The van der Waals surface area contributed by atoms with Crippen molar-refractivity contribution in [1.82, 2.24) is 28.9 Å². The van der Waals surface area contributed by atoms with E-state index in [2.05, 4.69) is 33.4 Å². The number of unbranched alkanes of at least 4 members (excludes halogenated alkanes) is 4. The summed E-state index contributed by atoms with van der Waals surface area (Å²) < 4.78 is 31.2. The van der Waals surface area contributed by atoms with E-state index < -0.39 is 14.3 Å². The Bertz CT molecular complexity index is 1780. The quantitative estimate of drug-likeness (QED) is 0.101. The van der Waals surface area contributed by atoms with Crippen molar-refractivity contribution in [3.63, 3.8) is 0 Å². The number of hydrogen-bond donors (Lipinski definition) is 0. The van der Waals surface area contributed by atoms with Gasteiger partial charge in [0.25, 0.3) is 5.56 Å². The second-order valence-electron chi connectivity index (χ2n) is 15.9. The Morgan fingerprint density at radius 2 is 1.07 bits per heavy atom. The molecule has 1 aliphatic rings. The van der Waals surface area contributed by atoms with Crippen molar-refractivity contribution < 1.29 is 14.0 Å². The molecule has 0 aliphatic carbocycles. The van der Waals surface area contributed by atoms with Crippen molar-refractivity contribution in [3.8, 4) is 0 Å². The minimum Gasteiger partial charge on any atom is -0.406 e. The first-order valence-electron chi connectivity index (χ1n) is 20.4. The average molecular weight is 799 g/mol. The number of pyridine rings is 2. The summed E-state index contributed by atoms with van der Waals surface area (Å²) in [5.41, 5.74) is 2.47. The van der Waals surface area contributed by atoms with Gasteiger partial charge in [0.2, 0.25) is 5.56 Å². The minimum absolute atomic E-state index is 0.0255. The summed E-state index contributed by atoms with van der Waals surface area (Å²) in [6.45, 7) is 15.3. The van der Waals surface area contributed by atoms with E-state index in [-0.39, 0.29) is 17.7 Å². The molecule has 0 radical (unpaired) electrons. The summed E-state index contributed by atoms with van der Waals surface area (Å²) in [4.78, 5) is 41.4. The maximum atomic E-state index is 14.8. The fraction of sp³-hybridized carbons (Fsp3) is 0.619. The molecule has 3 aromatic rings. The van der Waals surface area contributed by atoms with Crippen LogP contribution in [-0.2, 0) is 35.9 Å². The molecule has 1 aliphatic heterocycles. The maximum absolute atomic E-state index is 14.8. The van der Waals surface area contributed by atoms with Crippen molar-refractivity contribution in [2.24, 2.45) is 7.05 Å². The van der Waals surface area contributed by atoms with E-state index in [1.165, 1.54) is 10.8 Å². The highest BCUT2D eigenvalue weighted by Crippen LogP contribution is 2.48. The van der Waals surface area contributed by atoms with Gasteiger partial charge in [-0.25, -0.2) is 0 Å². The second kappa shape index (κ2) is 22.8. The molecule has 0 N–H and O–H groups in total. The van der Waals surface area contributed by atoms with Crippen molar-refractivity contribution in [2.75, 3.05) is 90.6 Å². The summed E-state index contributed by atoms with van der Waals surface area (Å²) >= 11 is 0. The molecular formula is C42H68N6O5P2. The molecule has 0 spiro atoms. The van der Waals surface area contributed by atoms with Crippen LogP contribution < -0.4 is 16.0 Å². The molecule has 3 heterocycles. The lowest BCUT2D eigenvalue weighted by molar-refractivity contribution is 0.0732. The zero-order chi connectivity index (χ0) is 39.7. The highest BCUT2D eigenvalue weighted by molar-refractivity contribution is 7.63. The van der Waals surface area contributed by atoms with Crippen LogP contribution in [-0.4, -0.2) is 119 Å². The minimum atomic E-state index is -2.46. The molecule has 1 saturated heterocycles. The summed E-state index contributed by atoms with van der Waals surface area (Å²) in [5, 5.41) is 0. The van der Waals surface area contributed by atoms with Crippen LogP contribution in [0.4, 0.5) is 0 Å². The normalized spacial score (nSPS) is 16.5. The van der Waals surface area contributed by atoms with Crippen molar-refractivity contribution in [2.45, 2.75) is 72.1 Å². The van der Waals surface area contributed by atoms with Crippen molar-refractivity contribution >= 4 is 14.3 Å². The molecule has 4 rings (SSSR count). The van der Waals surface area contributed by atoms with Crippen LogP contribution in [0.15, 0.2) is 76.3 Å². The first-order valence-corrected chi connectivity index (χ1v) is 25.5. The number of rotatable bonds is 19. The van der Waals surface area contributed by atoms with Crippen LogP contribution in [0.2, 0.25) is 0 Å². The standard InChI is InChI=1S/C42H68N6O5P2/c1-6-8-13-31-55(52,32-14-9-7-2)37-47-29-25-44(33-39-19-15-21-41(49)43(39)3)23-27-46(36-54(4,5)51)28-24-45(26-30-47)34-40-20-16-22-42(50)48(40)53-35-38-17-11-10-12-18-38/h10-12,15-22H,6-9,13-14,23-37H2,1-5H3. The van der Waals surface area contributed by atoms with E-state index in [1.54, 1.807) is 16.7 Å². The molecule has 0 bridgehead atoms. The molecule has 11 nitrogen and oxygen atoms in total. The van der Waals surface area contributed by atoms with E-state index in [4.69, 9.17) is 4.84 Å². The van der Waals surface area contributed by atoms with Gasteiger partial charge in [0.1, 0.15) is 13.7 Å². The van der Waals surface area contributed by atoms with Gasteiger partial charge in [-0.2, -0.15) is 0 Å². The monoisotopic (exact) mass is 798 g/mol. The summed E-state index contributed by atoms with van der Waals surface area (Å²) in [6.07, 6.45) is 9.09. The molecule has 0 saturated carbocycles. The molecule has 2 aromatic heterocycles. The van der Waals surface area contributed by atoms with Gasteiger partial charge in [-0.05, 0) is 43.9 Å². The summed E-state index contributed by atoms with van der Waals surface area (Å²) in [6, 6.07) is 20.6. The van der Waals surface area contributed by atoms with Gasteiger partial charge in [-0.3, -0.25) is 29.2 Å². The smallest absolute Gasteiger partial charge is 0.283 e. The highest BCUT2D eigenvalue weighted by atomic mass is 31.2. The third-order valence-electron chi connectivity index (χ3n) is 10.5. The van der Waals surface area contributed by atoms with E-state index in [0.29, 0.717) is 45.3 Å². The fourth-order valence-corrected chi connectivity index (χ4v) is 11.7. The molecule has 0 atom stereocenters. The molecule has 0 amide bonds. The third-order valence-corrected chi connectivity index (χ3v) is 14.8. The van der Waals surface area contributed by atoms with Gasteiger partial charge in [-0.15, -0.1) is 4.73 Å². The van der Waals surface area contributed by atoms with Crippen LogP contribution in [0, 0.1) is 0 Å². The largest absolute Gasteiger partial charge is 0.406 e. The second-order valence-corrected chi connectivity index (χ2v) is 22.6. The van der Waals surface area contributed by atoms with Gasteiger partial charge in [-0.1, -0.05) is 82.0 Å². The van der Waals surface area contributed by atoms with E-state index in [0.717, 1.165) is 101 Å². The van der Waals surface area contributed by atoms with Gasteiger partial charge >= 0.3 is 0 Å². The Labute approximate surface area is 330 Å². The fourth-order valence-electron chi connectivity index (χ4n) is 7.30. The van der Waals surface area contributed by atoms with Gasteiger partial charge in [0, 0.05) is 103 Å². The first-order chi connectivity index (χ1) is 26.4. The topological polar surface area (TPSA) is 100 Å². The molecule has 0 unspecified atom stereocenters. The molecule has 13 heteroatoms. The Kier molecular flexibility index (Phi) is 18.7. The van der Waals surface area contributed by atoms with Crippen LogP contribution in [0.3, 0.4) is 0 Å². The predicted molar refractivity (Wildman–Crippen MR) is 228 cm³/mol. The average Bonchev–Trinajstić information content (AvgIpc) is 3.14. The number of benzene rings is 1. The lowest BCUT2D eigenvalue weighted by atomic mass is 10.2. The van der Waals surface area contributed by atoms with Gasteiger partial charge in [0.05, 0.1) is 25.4 Å². The highest BCUT2D eigenvalue weighted by Gasteiger charge is 2.27. The summed E-state index contributed by atoms with van der Waals surface area (Å²) in [5.74, 6) is 0. The number of aromatic nitrogens is 2. The molecule has 55 heavy (non-hydrogen) atoms. The Hall–Kier alpha value is -2.78. The molecule has 1 aromatic carbocycles. The SMILES string of the molecule is CCCCCP(=O)(CCCCC)CN1CCN(Cc2cccc(=O)n2C)CCN(CP(C)(C)=O)CCN(Cc2cccc(=O)n2OCc2ccccc2)CC1. The van der Waals surface area contributed by atoms with E-state index in [9.17, 15) is 18.7 Å². The van der Waals surface area contributed by atoms with Crippen molar-refractivity contribution in [1.29, 1.82) is 0 Å². The third kappa shape index (κ3) is 15.9.